The van der Waals surface area contributed by atoms with Gasteiger partial charge in [0.15, 0.2) is 0 Å². The molecule has 18 heavy (non-hydrogen) atoms. The number of aryl methyl sites for hydroxylation is 1. The lowest BCUT2D eigenvalue weighted by Gasteiger charge is -2.11. The fraction of sp³-hybridized carbons (Fsp3) is 0.500. The van der Waals surface area contributed by atoms with Gasteiger partial charge in [0.05, 0.1) is 11.6 Å². The number of rotatable bonds is 3. The SMILES string of the molecule is Cc1csc(C(=O)O)c1NC(=O)C1CCN(C)C1. The van der Waals surface area contributed by atoms with Crippen LogP contribution in [0.15, 0.2) is 5.38 Å². The maximum absolute atomic E-state index is 12.1. The van der Waals surface area contributed by atoms with Crippen LogP contribution in [0.3, 0.4) is 0 Å². The Morgan fingerprint density at radius 1 is 1.56 bits per heavy atom. The largest absolute Gasteiger partial charge is 0.477 e. The van der Waals surface area contributed by atoms with E-state index in [1.807, 2.05) is 7.05 Å². The fourth-order valence-electron chi connectivity index (χ4n) is 2.13. The first kappa shape index (κ1) is 13.0. The van der Waals surface area contributed by atoms with Gasteiger partial charge in [0.2, 0.25) is 5.91 Å². The van der Waals surface area contributed by atoms with E-state index in [-0.39, 0.29) is 16.7 Å². The van der Waals surface area contributed by atoms with E-state index in [4.69, 9.17) is 5.11 Å². The van der Waals surface area contributed by atoms with Gasteiger partial charge in [-0.3, -0.25) is 4.79 Å². The van der Waals surface area contributed by atoms with Crippen LogP contribution in [0.2, 0.25) is 0 Å². The maximum atomic E-state index is 12.1. The van der Waals surface area contributed by atoms with E-state index in [0.717, 1.165) is 36.4 Å². The first-order chi connectivity index (χ1) is 8.49. The van der Waals surface area contributed by atoms with Gasteiger partial charge in [0.25, 0.3) is 0 Å². The Hall–Kier alpha value is -1.40. The molecule has 1 unspecified atom stereocenters. The summed E-state index contributed by atoms with van der Waals surface area (Å²) in [5.74, 6) is -1.12. The van der Waals surface area contributed by atoms with Crippen LogP contribution < -0.4 is 5.32 Å². The number of carbonyl (C=O) groups is 2. The van der Waals surface area contributed by atoms with Crippen LogP contribution in [-0.2, 0) is 4.79 Å². The first-order valence-electron chi connectivity index (χ1n) is 5.80. The maximum Gasteiger partial charge on any atom is 0.348 e. The van der Waals surface area contributed by atoms with Crippen molar-refractivity contribution in [3.05, 3.63) is 15.8 Å². The van der Waals surface area contributed by atoms with Crippen molar-refractivity contribution >= 4 is 28.9 Å². The Morgan fingerprint density at radius 2 is 2.28 bits per heavy atom. The minimum atomic E-state index is -0.994. The van der Waals surface area contributed by atoms with Gasteiger partial charge < -0.3 is 15.3 Å². The van der Waals surface area contributed by atoms with Crippen LogP contribution in [-0.4, -0.2) is 42.0 Å². The highest BCUT2D eigenvalue weighted by atomic mass is 32.1. The van der Waals surface area contributed by atoms with Gasteiger partial charge in [-0.05, 0) is 37.9 Å². The highest BCUT2D eigenvalue weighted by Gasteiger charge is 2.27. The molecule has 0 saturated carbocycles. The summed E-state index contributed by atoms with van der Waals surface area (Å²) in [5.41, 5.74) is 1.25. The second kappa shape index (κ2) is 5.07. The third-order valence-corrected chi connectivity index (χ3v) is 4.27. The normalized spacial score (nSPS) is 20.0. The van der Waals surface area contributed by atoms with Crippen LogP contribution in [0.1, 0.15) is 21.7 Å². The molecule has 2 heterocycles. The van der Waals surface area contributed by atoms with E-state index in [1.54, 1.807) is 12.3 Å². The zero-order valence-corrected chi connectivity index (χ0v) is 11.2. The van der Waals surface area contributed by atoms with Crippen molar-refractivity contribution in [3.63, 3.8) is 0 Å². The van der Waals surface area contributed by atoms with Gasteiger partial charge in [-0.25, -0.2) is 4.79 Å². The minimum absolute atomic E-state index is 0.0454. The molecule has 1 aliphatic heterocycles. The molecule has 1 aliphatic rings. The lowest BCUT2D eigenvalue weighted by molar-refractivity contribution is -0.119. The highest BCUT2D eigenvalue weighted by Crippen LogP contribution is 2.28. The molecule has 2 rings (SSSR count). The molecule has 1 amide bonds. The summed E-state index contributed by atoms with van der Waals surface area (Å²) in [6, 6.07) is 0. The summed E-state index contributed by atoms with van der Waals surface area (Å²) in [6.07, 6.45) is 0.827. The Labute approximate surface area is 109 Å². The quantitative estimate of drug-likeness (QED) is 0.874. The predicted octanol–water partition coefficient (Wildman–Crippen LogP) is 1.64. The molecule has 2 N–H and O–H groups in total. The molecule has 1 saturated heterocycles. The molecular formula is C12H16N2O3S. The molecule has 0 spiro atoms. The van der Waals surface area contributed by atoms with Crippen molar-refractivity contribution in [2.24, 2.45) is 5.92 Å². The van der Waals surface area contributed by atoms with Gasteiger partial charge >= 0.3 is 5.97 Å². The number of aromatic carboxylic acids is 1. The summed E-state index contributed by atoms with van der Waals surface area (Å²) in [7, 11) is 1.98. The first-order valence-corrected chi connectivity index (χ1v) is 6.67. The third-order valence-electron chi connectivity index (χ3n) is 3.18. The number of hydrogen-bond donors (Lipinski definition) is 2. The van der Waals surface area contributed by atoms with Crippen molar-refractivity contribution in [2.75, 3.05) is 25.5 Å². The number of carbonyl (C=O) groups excluding carboxylic acids is 1. The van der Waals surface area contributed by atoms with Gasteiger partial charge in [-0.15, -0.1) is 11.3 Å². The van der Waals surface area contributed by atoms with Crippen LogP contribution in [0.4, 0.5) is 5.69 Å². The van der Waals surface area contributed by atoms with Crippen molar-refractivity contribution in [1.82, 2.24) is 4.90 Å². The molecule has 0 aliphatic carbocycles. The molecule has 1 aromatic rings. The van der Waals surface area contributed by atoms with E-state index in [9.17, 15) is 9.59 Å². The molecule has 1 aromatic heterocycles. The van der Waals surface area contributed by atoms with Crippen molar-refractivity contribution in [3.8, 4) is 0 Å². The summed E-state index contributed by atoms with van der Waals surface area (Å²) in [5, 5.41) is 13.6. The molecule has 6 heteroatoms. The number of likely N-dealkylation sites (tertiary alicyclic amines) is 1. The average molecular weight is 268 g/mol. The number of hydrogen-bond acceptors (Lipinski definition) is 4. The molecule has 0 bridgehead atoms. The number of nitrogens with zero attached hydrogens (tertiary/aromatic N) is 1. The monoisotopic (exact) mass is 268 g/mol. The van der Waals surface area contributed by atoms with Crippen LogP contribution in [0, 0.1) is 12.8 Å². The van der Waals surface area contributed by atoms with Gasteiger partial charge in [-0.1, -0.05) is 0 Å². The number of nitrogens with one attached hydrogen (secondary N) is 1. The van der Waals surface area contributed by atoms with E-state index >= 15 is 0 Å². The summed E-state index contributed by atoms with van der Waals surface area (Å²) in [6.45, 7) is 3.45. The molecule has 5 nitrogen and oxygen atoms in total. The van der Waals surface area contributed by atoms with Gasteiger partial charge in [0.1, 0.15) is 4.88 Å². The lowest BCUT2D eigenvalue weighted by Crippen LogP contribution is -2.26. The lowest BCUT2D eigenvalue weighted by atomic mass is 10.1. The Kier molecular flexibility index (Phi) is 3.68. The Bertz CT molecular complexity index is 484. The average Bonchev–Trinajstić information content (AvgIpc) is 2.87. The van der Waals surface area contributed by atoms with E-state index < -0.39 is 5.97 Å². The zero-order chi connectivity index (χ0) is 13.3. The van der Waals surface area contributed by atoms with E-state index in [2.05, 4.69) is 10.2 Å². The number of amides is 1. The van der Waals surface area contributed by atoms with E-state index in [1.165, 1.54) is 0 Å². The van der Waals surface area contributed by atoms with E-state index in [0.29, 0.717) is 5.69 Å². The standard InChI is InChI=1S/C12H16N2O3S/c1-7-6-18-10(12(16)17)9(7)13-11(15)8-3-4-14(2)5-8/h6,8H,3-5H2,1-2H3,(H,13,15)(H,16,17). The zero-order valence-electron chi connectivity index (χ0n) is 10.4. The highest BCUT2D eigenvalue weighted by molar-refractivity contribution is 7.12. The van der Waals surface area contributed by atoms with Crippen molar-refractivity contribution in [1.29, 1.82) is 0 Å². The van der Waals surface area contributed by atoms with Gasteiger partial charge in [0, 0.05) is 6.54 Å². The van der Waals surface area contributed by atoms with Crippen LogP contribution in [0.25, 0.3) is 0 Å². The second-order valence-corrected chi connectivity index (χ2v) is 5.54. The molecule has 1 atom stereocenters. The summed E-state index contributed by atoms with van der Waals surface area (Å²) < 4.78 is 0. The topological polar surface area (TPSA) is 69.6 Å². The third kappa shape index (κ3) is 2.54. The number of thiophene rings is 1. The Balaban J connectivity index is 2.12. The van der Waals surface area contributed by atoms with Crippen LogP contribution in [0.5, 0.6) is 0 Å². The predicted molar refractivity (Wildman–Crippen MR) is 70.2 cm³/mol. The second-order valence-electron chi connectivity index (χ2n) is 4.67. The number of anilines is 1. The Morgan fingerprint density at radius 3 is 2.83 bits per heavy atom. The smallest absolute Gasteiger partial charge is 0.348 e. The molecule has 0 radical (unpaired) electrons. The number of carboxylic acid groups (broad SMARTS) is 1. The molecule has 98 valence electrons. The van der Waals surface area contributed by atoms with Crippen LogP contribution >= 0.6 is 11.3 Å². The minimum Gasteiger partial charge on any atom is -0.477 e. The number of carboxylic acids is 1. The molecule has 0 aromatic carbocycles. The molecular weight excluding hydrogens is 252 g/mol. The van der Waals surface area contributed by atoms with Crippen molar-refractivity contribution in [2.45, 2.75) is 13.3 Å². The summed E-state index contributed by atoms with van der Waals surface area (Å²) in [4.78, 5) is 25.4. The fourth-order valence-corrected chi connectivity index (χ4v) is 2.97. The summed E-state index contributed by atoms with van der Waals surface area (Å²) >= 11 is 1.14. The van der Waals surface area contributed by atoms with Crippen molar-refractivity contribution < 1.29 is 14.7 Å². The van der Waals surface area contributed by atoms with Gasteiger partial charge in [-0.2, -0.15) is 0 Å². The molecule has 1 fully saturated rings.